The van der Waals surface area contributed by atoms with Crippen molar-refractivity contribution in [1.82, 2.24) is 0 Å². The zero-order chi connectivity index (χ0) is 7.82. The van der Waals surface area contributed by atoms with Crippen LogP contribution >= 0.6 is 0 Å². The number of esters is 1. The lowest BCUT2D eigenvalue weighted by atomic mass is 10.5. The van der Waals surface area contributed by atoms with Gasteiger partial charge in [0.15, 0.2) is 0 Å². The largest absolute Gasteiger partial charge is 0.463 e. The molecule has 0 heterocycles. The zero-order valence-corrected chi connectivity index (χ0v) is 5.91. The molecule has 0 aromatic heterocycles. The average molecular weight is 145 g/mol. The summed E-state index contributed by atoms with van der Waals surface area (Å²) in [6.45, 7) is -0.0641. The van der Waals surface area contributed by atoms with E-state index >= 15 is 0 Å². The molecule has 0 saturated carbocycles. The minimum absolute atomic E-state index is 0.0659. The van der Waals surface area contributed by atoms with E-state index in [0.717, 1.165) is 0 Å². The molecule has 0 aliphatic heterocycles. The summed E-state index contributed by atoms with van der Waals surface area (Å²) in [5.74, 6) is -0.361. The summed E-state index contributed by atoms with van der Waals surface area (Å²) in [6, 6.07) is 0. The first kappa shape index (κ1) is 9.10. The van der Waals surface area contributed by atoms with Crippen molar-refractivity contribution < 1.29 is 14.6 Å². The van der Waals surface area contributed by atoms with Gasteiger partial charge in [-0.3, -0.25) is 4.79 Å². The highest BCUT2D eigenvalue weighted by molar-refractivity contribution is 5.85. The van der Waals surface area contributed by atoms with Gasteiger partial charge in [-0.25, -0.2) is 0 Å². The molecule has 0 unspecified atom stereocenters. The van der Waals surface area contributed by atoms with Gasteiger partial charge in [-0.2, -0.15) is 0 Å². The predicted octanol–water partition coefficient (Wildman–Crippen LogP) is -0.387. The second-order valence-electron chi connectivity index (χ2n) is 1.59. The molecule has 4 nitrogen and oxygen atoms in total. The summed E-state index contributed by atoms with van der Waals surface area (Å²) in [6.07, 6.45) is 1.64. The van der Waals surface area contributed by atoms with Gasteiger partial charge in [0, 0.05) is 13.3 Å². The van der Waals surface area contributed by atoms with E-state index in [-0.39, 0.29) is 25.6 Å². The van der Waals surface area contributed by atoms with E-state index in [1.54, 1.807) is 7.05 Å². The van der Waals surface area contributed by atoms with Gasteiger partial charge in [-0.15, -0.1) is 0 Å². The molecule has 0 aliphatic rings. The van der Waals surface area contributed by atoms with E-state index in [4.69, 9.17) is 5.11 Å². The molecular formula is C6H11NO3. The SMILES string of the molecule is CN=CCC(=O)OCCO. The first-order chi connectivity index (χ1) is 4.81. The van der Waals surface area contributed by atoms with Crippen molar-refractivity contribution in [2.24, 2.45) is 4.99 Å². The van der Waals surface area contributed by atoms with Crippen molar-refractivity contribution in [3.63, 3.8) is 0 Å². The van der Waals surface area contributed by atoms with Gasteiger partial charge < -0.3 is 14.8 Å². The Morgan fingerprint density at radius 3 is 3.00 bits per heavy atom. The van der Waals surface area contributed by atoms with Crippen LogP contribution in [-0.2, 0) is 9.53 Å². The van der Waals surface area contributed by atoms with Crippen LogP contribution in [0.25, 0.3) is 0 Å². The summed E-state index contributed by atoms with van der Waals surface area (Å²) < 4.78 is 4.51. The number of rotatable bonds is 4. The molecule has 4 heteroatoms. The monoisotopic (exact) mass is 145 g/mol. The first-order valence-corrected chi connectivity index (χ1v) is 2.98. The molecule has 0 saturated heterocycles. The first-order valence-electron chi connectivity index (χ1n) is 2.98. The molecule has 0 amide bonds. The van der Waals surface area contributed by atoms with Crippen LogP contribution in [-0.4, -0.2) is 37.6 Å². The normalized spacial score (nSPS) is 10.2. The Bertz CT molecular complexity index is 122. The fraction of sp³-hybridized carbons (Fsp3) is 0.667. The molecule has 0 rings (SSSR count). The summed E-state index contributed by atoms with van der Waals surface area (Å²) in [5.41, 5.74) is 0. The van der Waals surface area contributed by atoms with Gasteiger partial charge in [0.05, 0.1) is 13.0 Å². The van der Waals surface area contributed by atoms with E-state index in [1.165, 1.54) is 6.21 Å². The maximum Gasteiger partial charge on any atom is 0.311 e. The number of ether oxygens (including phenoxy) is 1. The number of aliphatic imine (C=N–C) groups is 1. The van der Waals surface area contributed by atoms with E-state index < -0.39 is 0 Å². The lowest BCUT2D eigenvalue weighted by molar-refractivity contribution is -0.143. The molecule has 0 bridgehead atoms. The second kappa shape index (κ2) is 6.22. The zero-order valence-electron chi connectivity index (χ0n) is 5.91. The summed E-state index contributed by atoms with van der Waals surface area (Å²) in [5, 5.41) is 8.23. The van der Waals surface area contributed by atoms with Crippen molar-refractivity contribution in [2.45, 2.75) is 6.42 Å². The molecule has 0 aromatic carbocycles. The van der Waals surface area contributed by atoms with E-state index in [0.29, 0.717) is 0 Å². The van der Waals surface area contributed by atoms with E-state index in [9.17, 15) is 4.79 Å². The summed E-state index contributed by atoms with van der Waals surface area (Å²) in [4.78, 5) is 14.1. The van der Waals surface area contributed by atoms with Crippen molar-refractivity contribution >= 4 is 12.2 Å². The van der Waals surface area contributed by atoms with Gasteiger partial charge in [-0.05, 0) is 0 Å². The molecule has 0 atom stereocenters. The van der Waals surface area contributed by atoms with Gasteiger partial charge in [-0.1, -0.05) is 0 Å². The van der Waals surface area contributed by atoms with E-state index in [1.807, 2.05) is 0 Å². The van der Waals surface area contributed by atoms with Crippen molar-refractivity contribution in [2.75, 3.05) is 20.3 Å². The maximum absolute atomic E-state index is 10.5. The Morgan fingerprint density at radius 1 is 1.80 bits per heavy atom. The molecular weight excluding hydrogens is 134 g/mol. The second-order valence-corrected chi connectivity index (χ2v) is 1.59. The Hall–Kier alpha value is -0.900. The van der Waals surface area contributed by atoms with Gasteiger partial charge in [0.1, 0.15) is 6.61 Å². The van der Waals surface area contributed by atoms with Crippen LogP contribution in [0, 0.1) is 0 Å². The van der Waals surface area contributed by atoms with Gasteiger partial charge in [0.25, 0.3) is 0 Å². The average Bonchev–Trinajstić information content (AvgIpc) is 1.97. The third-order valence-electron chi connectivity index (χ3n) is 0.795. The third kappa shape index (κ3) is 5.24. The number of hydrogen-bond donors (Lipinski definition) is 1. The highest BCUT2D eigenvalue weighted by Gasteiger charge is 1.96. The number of nitrogens with zero attached hydrogens (tertiary/aromatic N) is 1. The predicted molar refractivity (Wildman–Crippen MR) is 37.1 cm³/mol. The number of hydrogen-bond acceptors (Lipinski definition) is 4. The number of aliphatic hydroxyl groups is 1. The lowest BCUT2D eigenvalue weighted by Crippen LogP contribution is -2.08. The molecule has 1 N–H and O–H groups in total. The minimum atomic E-state index is -0.361. The number of carbonyl (C=O) groups excluding carboxylic acids is 1. The smallest absolute Gasteiger partial charge is 0.311 e. The van der Waals surface area contributed by atoms with Crippen LogP contribution in [0.2, 0.25) is 0 Å². The topological polar surface area (TPSA) is 58.9 Å². The Balaban J connectivity index is 3.25. The molecule has 0 spiro atoms. The Morgan fingerprint density at radius 2 is 2.50 bits per heavy atom. The van der Waals surface area contributed by atoms with Crippen LogP contribution < -0.4 is 0 Å². The van der Waals surface area contributed by atoms with Crippen molar-refractivity contribution in [1.29, 1.82) is 0 Å². The molecule has 0 fully saturated rings. The fourth-order valence-corrected chi connectivity index (χ4v) is 0.384. The number of aliphatic hydroxyl groups excluding tert-OH is 1. The molecule has 0 aromatic rings. The van der Waals surface area contributed by atoms with Crippen LogP contribution in [0.15, 0.2) is 4.99 Å². The lowest BCUT2D eigenvalue weighted by Gasteiger charge is -1.97. The molecule has 58 valence electrons. The number of carbonyl (C=O) groups is 1. The summed E-state index contributed by atoms with van der Waals surface area (Å²) >= 11 is 0. The Labute approximate surface area is 59.5 Å². The van der Waals surface area contributed by atoms with E-state index in [2.05, 4.69) is 9.73 Å². The molecule has 0 aliphatic carbocycles. The highest BCUT2D eigenvalue weighted by atomic mass is 16.5. The van der Waals surface area contributed by atoms with Crippen LogP contribution in [0.4, 0.5) is 0 Å². The molecule has 0 radical (unpaired) electrons. The van der Waals surface area contributed by atoms with Crippen LogP contribution in [0.5, 0.6) is 0 Å². The summed E-state index contributed by atoms with van der Waals surface area (Å²) in [7, 11) is 1.58. The quantitative estimate of drug-likeness (QED) is 0.433. The van der Waals surface area contributed by atoms with Gasteiger partial charge >= 0.3 is 5.97 Å². The molecule has 10 heavy (non-hydrogen) atoms. The fourth-order valence-electron chi connectivity index (χ4n) is 0.384. The van der Waals surface area contributed by atoms with Gasteiger partial charge in [0.2, 0.25) is 0 Å². The Kier molecular flexibility index (Phi) is 5.66. The standard InChI is InChI=1S/C6H11NO3/c1-7-3-2-6(9)10-5-4-8/h3,8H,2,4-5H2,1H3. The van der Waals surface area contributed by atoms with Crippen molar-refractivity contribution in [3.8, 4) is 0 Å². The van der Waals surface area contributed by atoms with Crippen LogP contribution in [0.3, 0.4) is 0 Å². The highest BCUT2D eigenvalue weighted by Crippen LogP contribution is 1.81. The van der Waals surface area contributed by atoms with Crippen LogP contribution in [0.1, 0.15) is 6.42 Å². The maximum atomic E-state index is 10.5. The third-order valence-corrected chi connectivity index (χ3v) is 0.795. The van der Waals surface area contributed by atoms with Crippen molar-refractivity contribution in [3.05, 3.63) is 0 Å². The minimum Gasteiger partial charge on any atom is -0.463 e.